The first kappa shape index (κ1) is 15.7. The number of aromatic nitrogens is 1. The number of ether oxygens (including phenoxy) is 1. The maximum atomic E-state index is 11.8. The molecule has 0 aliphatic heterocycles. The molecule has 0 aliphatic rings. The molecular weight excluding hydrogens is 264 g/mol. The third kappa shape index (κ3) is 4.69. The fraction of sp³-hybridized carbons (Fsp3) is 0.471. The predicted molar refractivity (Wildman–Crippen MR) is 86.8 cm³/mol. The Morgan fingerprint density at radius 1 is 1.14 bits per heavy atom. The molecule has 1 heterocycles. The van der Waals surface area contributed by atoms with Crippen molar-refractivity contribution in [3.05, 3.63) is 46.8 Å². The second kappa shape index (κ2) is 8.60. The van der Waals surface area contributed by atoms with Crippen molar-refractivity contribution in [2.24, 2.45) is 0 Å². The summed E-state index contributed by atoms with van der Waals surface area (Å²) in [5.74, 6) is 0. The van der Waals surface area contributed by atoms with Crippen LogP contribution in [-0.4, -0.2) is 30.9 Å². The minimum Gasteiger partial charge on any atom is -0.382 e. The summed E-state index contributed by atoms with van der Waals surface area (Å²) in [6.07, 6.45) is 4.11. The zero-order valence-corrected chi connectivity index (χ0v) is 12.7. The lowest BCUT2D eigenvalue weighted by molar-refractivity contribution is 0.143. The molecule has 1 N–H and O–H groups in total. The van der Waals surface area contributed by atoms with Crippen LogP contribution in [0.25, 0.3) is 10.9 Å². The van der Waals surface area contributed by atoms with E-state index in [-0.39, 0.29) is 5.43 Å². The number of para-hydroxylation sites is 1. The van der Waals surface area contributed by atoms with Gasteiger partial charge in [-0.1, -0.05) is 12.1 Å². The predicted octanol–water partition coefficient (Wildman–Crippen LogP) is 2.41. The molecule has 114 valence electrons. The summed E-state index contributed by atoms with van der Waals surface area (Å²) in [5.41, 5.74) is 1.09. The molecule has 0 unspecified atom stereocenters. The van der Waals surface area contributed by atoms with Crippen molar-refractivity contribution < 1.29 is 4.74 Å². The van der Waals surface area contributed by atoms with Crippen molar-refractivity contribution in [2.45, 2.75) is 26.3 Å². The highest BCUT2D eigenvalue weighted by Crippen LogP contribution is 2.08. The van der Waals surface area contributed by atoms with E-state index >= 15 is 0 Å². The van der Waals surface area contributed by atoms with E-state index in [1.54, 1.807) is 6.07 Å². The highest BCUT2D eigenvalue weighted by molar-refractivity contribution is 5.78. The Morgan fingerprint density at radius 3 is 2.86 bits per heavy atom. The first-order chi connectivity index (χ1) is 10.3. The van der Waals surface area contributed by atoms with E-state index < -0.39 is 0 Å². The van der Waals surface area contributed by atoms with Gasteiger partial charge in [0.25, 0.3) is 0 Å². The molecule has 0 saturated carbocycles. The standard InChI is InChI=1S/C17H24N2O2/c1-2-21-14-6-5-10-18-11-13-19-12-9-17(20)15-7-3-4-8-16(15)19/h3-4,7-9,12,18H,2,5-6,10-11,13-14H2,1H3. The molecule has 4 nitrogen and oxygen atoms in total. The van der Waals surface area contributed by atoms with Crippen LogP contribution in [0.3, 0.4) is 0 Å². The summed E-state index contributed by atoms with van der Waals surface area (Å²) in [6.45, 7) is 6.45. The fourth-order valence-electron chi connectivity index (χ4n) is 2.38. The maximum absolute atomic E-state index is 11.8. The average Bonchev–Trinajstić information content (AvgIpc) is 2.52. The summed E-state index contributed by atoms with van der Waals surface area (Å²) >= 11 is 0. The smallest absolute Gasteiger partial charge is 0.189 e. The van der Waals surface area contributed by atoms with E-state index in [1.807, 2.05) is 37.4 Å². The monoisotopic (exact) mass is 288 g/mol. The van der Waals surface area contributed by atoms with Crippen LogP contribution in [0.15, 0.2) is 41.3 Å². The number of benzene rings is 1. The highest BCUT2D eigenvalue weighted by atomic mass is 16.5. The van der Waals surface area contributed by atoms with Gasteiger partial charge in [-0.15, -0.1) is 0 Å². The fourth-order valence-corrected chi connectivity index (χ4v) is 2.38. The number of nitrogens with zero attached hydrogens (tertiary/aromatic N) is 1. The van der Waals surface area contributed by atoms with E-state index in [0.717, 1.165) is 56.6 Å². The lowest BCUT2D eigenvalue weighted by Gasteiger charge is -2.11. The zero-order valence-electron chi connectivity index (χ0n) is 12.7. The molecule has 0 saturated heterocycles. The van der Waals surface area contributed by atoms with Gasteiger partial charge in [-0.05, 0) is 38.4 Å². The quantitative estimate of drug-likeness (QED) is 0.721. The molecule has 4 heteroatoms. The molecule has 0 radical (unpaired) electrons. The summed E-state index contributed by atoms with van der Waals surface area (Å²) < 4.78 is 7.44. The second-order valence-electron chi connectivity index (χ2n) is 5.04. The molecular formula is C17H24N2O2. The van der Waals surface area contributed by atoms with Crippen molar-refractivity contribution in [1.29, 1.82) is 0 Å². The first-order valence-corrected chi connectivity index (χ1v) is 7.69. The molecule has 0 aliphatic carbocycles. The molecule has 21 heavy (non-hydrogen) atoms. The molecule has 1 aromatic carbocycles. The number of fused-ring (bicyclic) bond motifs is 1. The Kier molecular flexibility index (Phi) is 6.44. The van der Waals surface area contributed by atoms with Gasteiger partial charge >= 0.3 is 0 Å². The lowest BCUT2D eigenvalue weighted by Crippen LogP contribution is -2.22. The van der Waals surface area contributed by atoms with Gasteiger partial charge in [-0.2, -0.15) is 0 Å². The number of hydrogen-bond acceptors (Lipinski definition) is 3. The molecule has 0 spiro atoms. The van der Waals surface area contributed by atoms with E-state index in [0.29, 0.717) is 0 Å². The Bertz CT molecular complexity index is 607. The van der Waals surface area contributed by atoms with Crippen LogP contribution >= 0.6 is 0 Å². The Hall–Kier alpha value is -1.65. The number of hydrogen-bond donors (Lipinski definition) is 1. The minimum atomic E-state index is 0.0886. The summed E-state index contributed by atoms with van der Waals surface area (Å²) in [4.78, 5) is 11.8. The Balaban J connectivity index is 1.79. The summed E-state index contributed by atoms with van der Waals surface area (Å²) in [6, 6.07) is 9.41. The third-order valence-corrected chi connectivity index (χ3v) is 3.51. The van der Waals surface area contributed by atoms with Crippen LogP contribution in [0.1, 0.15) is 19.8 Å². The van der Waals surface area contributed by atoms with Crippen LogP contribution in [0.4, 0.5) is 0 Å². The molecule has 0 fully saturated rings. The largest absolute Gasteiger partial charge is 0.382 e. The van der Waals surface area contributed by atoms with Crippen molar-refractivity contribution in [3.63, 3.8) is 0 Å². The van der Waals surface area contributed by atoms with Gasteiger partial charge in [0.2, 0.25) is 0 Å². The molecule has 1 aromatic heterocycles. The van der Waals surface area contributed by atoms with E-state index in [1.165, 1.54) is 0 Å². The van der Waals surface area contributed by atoms with Crippen LogP contribution in [-0.2, 0) is 11.3 Å². The van der Waals surface area contributed by atoms with E-state index in [9.17, 15) is 4.79 Å². The van der Waals surface area contributed by atoms with Gasteiger partial charge in [-0.3, -0.25) is 4.79 Å². The molecule has 0 atom stereocenters. The van der Waals surface area contributed by atoms with Crippen molar-refractivity contribution >= 4 is 10.9 Å². The van der Waals surface area contributed by atoms with Gasteiger partial charge < -0.3 is 14.6 Å². The van der Waals surface area contributed by atoms with Gasteiger partial charge in [0.1, 0.15) is 0 Å². The Morgan fingerprint density at radius 2 is 2.00 bits per heavy atom. The van der Waals surface area contributed by atoms with Gasteiger partial charge in [-0.25, -0.2) is 0 Å². The van der Waals surface area contributed by atoms with Gasteiger partial charge in [0, 0.05) is 44.0 Å². The first-order valence-electron chi connectivity index (χ1n) is 7.69. The molecule has 0 amide bonds. The van der Waals surface area contributed by atoms with Crippen LogP contribution in [0.5, 0.6) is 0 Å². The van der Waals surface area contributed by atoms with Gasteiger partial charge in [0.05, 0.1) is 5.52 Å². The topological polar surface area (TPSA) is 43.3 Å². The van der Waals surface area contributed by atoms with Crippen LogP contribution in [0, 0.1) is 0 Å². The van der Waals surface area contributed by atoms with Crippen molar-refractivity contribution in [2.75, 3.05) is 26.3 Å². The van der Waals surface area contributed by atoms with Crippen molar-refractivity contribution in [3.8, 4) is 0 Å². The van der Waals surface area contributed by atoms with Crippen molar-refractivity contribution in [1.82, 2.24) is 9.88 Å². The van der Waals surface area contributed by atoms with E-state index in [4.69, 9.17) is 4.74 Å². The maximum Gasteiger partial charge on any atom is 0.189 e. The average molecular weight is 288 g/mol. The summed E-state index contributed by atoms with van der Waals surface area (Å²) in [5, 5.41) is 4.22. The SMILES string of the molecule is CCOCCCCNCCn1ccc(=O)c2ccccc21. The minimum absolute atomic E-state index is 0.0886. The number of pyridine rings is 1. The van der Waals surface area contributed by atoms with Crippen LogP contribution < -0.4 is 10.7 Å². The number of nitrogens with one attached hydrogen (secondary N) is 1. The highest BCUT2D eigenvalue weighted by Gasteiger charge is 2.01. The summed E-state index contributed by atoms with van der Waals surface area (Å²) in [7, 11) is 0. The second-order valence-corrected chi connectivity index (χ2v) is 5.04. The third-order valence-electron chi connectivity index (χ3n) is 3.51. The molecule has 2 rings (SSSR count). The van der Waals surface area contributed by atoms with Crippen LogP contribution in [0.2, 0.25) is 0 Å². The number of unbranched alkanes of at least 4 members (excludes halogenated alkanes) is 1. The zero-order chi connectivity index (χ0) is 14.9. The number of rotatable bonds is 9. The Labute approximate surface area is 125 Å². The van der Waals surface area contributed by atoms with E-state index in [2.05, 4.69) is 9.88 Å². The molecule has 2 aromatic rings. The normalized spacial score (nSPS) is 11.1. The lowest BCUT2D eigenvalue weighted by atomic mass is 10.2. The van der Waals surface area contributed by atoms with Gasteiger partial charge in [0.15, 0.2) is 5.43 Å². The molecule has 0 bridgehead atoms.